The SMILES string of the molecule is COCC(C)c1nc(C(=O)O)c(-c2ccccc2)s1. The molecule has 0 aliphatic rings. The zero-order valence-electron chi connectivity index (χ0n) is 10.8. The molecule has 100 valence electrons. The number of rotatable bonds is 5. The fourth-order valence-corrected chi connectivity index (χ4v) is 2.90. The molecule has 1 heterocycles. The smallest absolute Gasteiger partial charge is 0.356 e. The number of nitrogens with zero attached hydrogens (tertiary/aromatic N) is 1. The first kappa shape index (κ1) is 13.7. The second kappa shape index (κ2) is 5.95. The summed E-state index contributed by atoms with van der Waals surface area (Å²) in [5.74, 6) is -0.906. The number of aromatic nitrogens is 1. The molecule has 0 bridgehead atoms. The van der Waals surface area contributed by atoms with Crippen LogP contribution in [0.2, 0.25) is 0 Å². The van der Waals surface area contributed by atoms with E-state index in [1.807, 2.05) is 37.3 Å². The third-order valence-electron chi connectivity index (χ3n) is 2.72. The molecule has 1 atom stereocenters. The first-order valence-corrected chi connectivity index (χ1v) is 6.73. The molecular weight excluding hydrogens is 262 g/mol. The number of carboxylic acid groups (broad SMARTS) is 1. The van der Waals surface area contributed by atoms with Crippen molar-refractivity contribution in [2.24, 2.45) is 0 Å². The summed E-state index contributed by atoms with van der Waals surface area (Å²) in [7, 11) is 1.63. The lowest BCUT2D eigenvalue weighted by Gasteiger charge is -2.04. The summed E-state index contributed by atoms with van der Waals surface area (Å²) in [6.07, 6.45) is 0. The average Bonchev–Trinajstić information content (AvgIpc) is 2.85. The van der Waals surface area contributed by atoms with Crippen LogP contribution in [0, 0.1) is 0 Å². The first-order valence-electron chi connectivity index (χ1n) is 5.92. The van der Waals surface area contributed by atoms with Gasteiger partial charge in [0.15, 0.2) is 5.69 Å². The van der Waals surface area contributed by atoms with Crippen molar-refractivity contribution in [2.75, 3.05) is 13.7 Å². The van der Waals surface area contributed by atoms with Gasteiger partial charge in [-0.05, 0) is 5.56 Å². The van der Waals surface area contributed by atoms with Crippen LogP contribution < -0.4 is 0 Å². The Bertz CT molecular complexity index is 565. The molecule has 1 aromatic carbocycles. The zero-order chi connectivity index (χ0) is 13.8. The predicted molar refractivity (Wildman–Crippen MR) is 74.8 cm³/mol. The van der Waals surface area contributed by atoms with Crippen LogP contribution in [-0.2, 0) is 4.74 Å². The van der Waals surface area contributed by atoms with E-state index < -0.39 is 5.97 Å². The van der Waals surface area contributed by atoms with Crippen molar-refractivity contribution in [1.29, 1.82) is 0 Å². The van der Waals surface area contributed by atoms with E-state index in [0.29, 0.717) is 11.5 Å². The van der Waals surface area contributed by atoms with Gasteiger partial charge in [0, 0.05) is 13.0 Å². The Morgan fingerprint density at radius 2 is 2.11 bits per heavy atom. The topological polar surface area (TPSA) is 59.4 Å². The van der Waals surface area contributed by atoms with E-state index in [0.717, 1.165) is 10.6 Å². The number of carboxylic acids is 1. The van der Waals surface area contributed by atoms with Gasteiger partial charge in [-0.25, -0.2) is 9.78 Å². The molecule has 2 aromatic rings. The molecule has 4 nitrogen and oxygen atoms in total. The number of carbonyl (C=O) groups is 1. The van der Waals surface area contributed by atoms with Crippen LogP contribution in [-0.4, -0.2) is 29.8 Å². The molecule has 1 unspecified atom stereocenters. The van der Waals surface area contributed by atoms with E-state index >= 15 is 0 Å². The second-order valence-corrected chi connectivity index (χ2v) is 5.29. The van der Waals surface area contributed by atoms with Crippen LogP contribution in [0.15, 0.2) is 30.3 Å². The minimum absolute atomic E-state index is 0.0885. The summed E-state index contributed by atoms with van der Waals surface area (Å²) in [5.41, 5.74) is 1.00. The molecule has 0 spiro atoms. The molecule has 0 saturated carbocycles. The first-order chi connectivity index (χ1) is 9.13. The third kappa shape index (κ3) is 3.00. The van der Waals surface area contributed by atoms with Crippen LogP contribution >= 0.6 is 11.3 Å². The zero-order valence-corrected chi connectivity index (χ0v) is 11.6. The van der Waals surface area contributed by atoms with Gasteiger partial charge in [0.2, 0.25) is 0 Å². The lowest BCUT2D eigenvalue weighted by atomic mass is 10.1. The Balaban J connectivity index is 2.45. The quantitative estimate of drug-likeness (QED) is 0.911. The largest absolute Gasteiger partial charge is 0.476 e. The van der Waals surface area contributed by atoms with E-state index in [1.165, 1.54) is 11.3 Å². The fourth-order valence-electron chi connectivity index (χ4n) is 1.80. The normalized spacial score (nSPS) is 12.3. The number of hydrogen-bond acceptors (Lipinski definition) is 4. The van der Waals surface area contributed by atoms with Crippen molar-refractivity contribution in [3.63, 3.8) is 0 Å². The molecule has 0 aliphatic heterocycles. The molecule has 0 radical (unpaired) electrons. The molecule has 0 fully saturated rings. The van der Waals surface area contributed by atoms with Crippen molar-refractivity contribution >= 4 is 17.3 Å². The molecule has 0 aliphatic carbocycles. The Kier molecular flexibility index (Phi) is 4.29. The van der Waals surface area contributed by atoms with Gasteiger partial charge in [0.05, 0.1) is 16.5 Å². The van der Waals surface area contributed by atoms with Gasteiger partial charge < -0.3 is 9.84 Å². The van der Waals surface area contributed by atoms with Gasteiger partial charge >= 0.3 is 5.97 Å². The predicted octanol–water partition coefficient (Wildman–Crippen LogP) is 3.26. The lowest BCUT2D eigenvalue weighted by Crippen LogP contribution is -2.03. The minimum Gasteiger partial charge on any atom is -0.476 e. The van der Waals surface area contributed by atoms with E-state index in [-0.39, 0.29) is 11.6 Å². The average molecular weight is 277 g/mol. The summed E-state index contributed by atoms with van der Waals surface area (Å²) in [5, 5.41) is 10.1. The van der Waals surface area contributed by atoms with Crippen LogP contribution in [0.1, 0.15) is 28.3 Å². The van der Waals surface area contributed by atoms with Crippen LogP contribution in [0.4, 0.5) is 0 Å². The summed E-state index contributed by atoms with van der Waals surface area (Å²) < 4.78 is 5.09. The van der Waals surface area contributed by atoms with E-state index in [1.54, 1.807) is 7.11 Å². The standard InChI is InChI=1S/C14H15NO3S/c1-9(8-18-2)13-15-11(14(16)17)12(19-13)10-6-4-3-5-7-10/h3-7,9H,8H2,1-2H3,(H,16,17). The lowest BCUT2D eigenvalue weighted by molar-refractivity contribution is 0.0691. The van der Waals surface area contributed by atoms with Crippen molar-refractivity contribution in [1.82, 2.24) is 4.98 Å². The summed E-state index contributed by atoms with van der Waals surface area (Å²) >= 11 is 1.42. The fraction of sp³-hybridized carbons (Fsp3) is 0.286. The highest BCUT2D eigenvalue weighted by molar-refractivity contribution is 7.15. The minimum atomic E-state index is -0.994. The Morgan fingerprint density at radius 1 is 1.42 bits per heavy atom. The van der Waals surface area contributed by atoms with Crippen molar-refractivity contribution in [3.05, 3.63) is 41.0 Å². The number of methoxy groups -OCH3 is 1. The maximum Gasteiger partial charge on any atom is 0.356 e. The number of ether oxygens (including phenoxy) is 1. The molecule has 19 heavy (non-hydrogen) atoms. The van der Waals surface area contributed by atoms with Gasteiger partial charge in [-0.2, -0.15) is 0 Å². The molecule has 0 amide bonds. The Morgan fingerprint density at radius 3 is 2.68 bits per heavy atom. The third-order valence-corrected chi connectivity index (χ3v) is 4.06. The highest BCUT2D eigenvalue weighted by atomic mass is 32.1. The van der Waals surface area contributed by atoms with Crippen molar-refractivity contribution in [3.8, 4) is 10.4 Å². The van der Waals surface area contributed by atoms with Gasteiger partial charge in [-0.3, -0.25) is 0 Å². The molecule has 2 rings (SSSR count). The van der Waals surface area contributed by atoms with E-state index in [9.17, 15) is 9.90 Å². The highest BCUT2D eigenvalue weighted by Gasteiger charge is 2.21. The van der Waals surface area contributed by atoms with Crippen molar-refractivity contribution < 1.29 is 14.6 Å². The Labute approximate surface area is 115 Å². The maximum absolute atomic E-state index is 11.3. The molecule has 5 heteroatoms. The summed E-state index contributed by atoms with van der Waals surface area (Å²) in [6.45, 7) is 2.50. The second-order valence-electron chi connectivity index (χ2n) is 4.26. The number of benzene rings is 1. The highest BCUT2D eigenvalue weighted by Crippen LogP contribution is 2.33. The van der Waals surface area contributed by atoms with E-state index in [4.69, 9.17) is 4.74 Å². The van der Waals surface area contributed by atoms with Crippen molar-refractivity contribution in [2.45, 2.75) is 12.8 Å². The summed E-state index contributed by atoms with van der Waals surface area (Å²) in [4.78, 5) is 16.2. The number of hydrogen-bond donors (Lipinski definition) is 1. The van der Waals surface area contributed by atoms with Gasteiger partial charge in [-0.1, -0.05) is 37.3 Å². The monoisotopic (exact) mass is 277 g/mol. The molecule has 0 saturated heterocycles. The molecule has 1 aromatic heterocycles. The molecule has 1 N–H and O–H groups in total. The van der Waals surface area contributed by atoms with Gasteiger partial charge in [-0.15, -0.1) is 11.3 Å². The maximum atomic E-state index is 11.3. The van der Waals surface area contributed by atoms with Crippen LogP contribution in [0.25, 0.3) is 10.4 Å². The molecular formula is C14H15NO3S. The number of thiazole rings is 1. The van der Waals surface area contributed by atoms with E-state index in [2.05, 4.69) is 4.98 Å². The van der Waals surface area contributed by atoms with Gasteiger partial charge in [0.1, 0.15) is 0 Å². The van der Waals surface area contributed by atoms with Crippen LogP contribution in [0.3, 0.4) is 0 Å². The van der Waals surface area contributed by atoms with Gasteiger partial charge in [0.25, 0.3) is 0 Å². The number of aromatic carboxylic acids is 1. The van der Waals surface area contributed by atoms with Crippen LogP contribution in [0.5, 0.6) is 0 Å². The Hall–Kier alpha value is -1.72. The summed E-state index contributed by atoms with van der Waals surface area (Å²) in [6, 6.07) is 9.47.